The van der Waals surface area contributed by atoms with E-state index in [2.05, 4.69) is 62.9 Å². The zero-order chi connectivity index (χ0) is 23.5. The molecule has 2 saturated carbocycles. The summed E-state index contributed by atoms with van der Waals surface area (Å²) in [7, 11) is 10.6. The summed E-state index contributed by atoms with van der Waals surface area (Å²) in [5, 5.41) is 20.0. The van der Waals surface area contributed by atoms with Crippen LogP contribution in [0.3, 0.4) is 0 Å². The van der Waals surface area contributed by atoms with E-state index in [1.165, 1.54) is 30.4 Å². The molecule has 4 rings (SSSR count). The first-order valence-electron chi connectivity index (χ1n) is 12.6. The highest BCUT2D eigenvalue weighted by atomic mass is 16.3. The molecular weight excluding hydrogens is 398 g/mol. The Bertz CT molecular complexity index is 726. The van der Waals surface area contributed by atoms with Crippen LogP contribution in [0.1, 0.15) is 56.1 Å². The molecule has 182 valence electrons. The summed E-state index contributed by atoms with van der Waals surface area (Å²) in [5.74, 6) is 2.49. The fourth-order valence-electron chi connectivity index (χ4n) is 6.39. The molecule has 0 amide bonds. The average molecular weight is 446 g/mol. The fraction of sp³-hybridized carbons (Fsp3) is 0.778. The van der Waals surface area contributed by atoms with Crippen molar-refractivity contribution >= 4 is 0 Å². The second-order valence-corrected chi connectivity index (χ2v) is 11.3. The second kappa shape index (κ2) is 10.9. The van der Waals surface area contributed by atoms with Crippen LogP contribution in [0, 0.1) is 17.3 Å². The van der Waals surface area contributed by atoms with Gasteiger partial charge in [-0.1, -0.05) is 13.0 Å². The minimum atomic E-state index is -0.0883. The Labute approximate surface area is 196 Å². The van der Waals surface area contributed by atoms with Crippen molar-refractivity contribution in [1.29, 1.82) is 0 Å². The van der Waals surface area contributed by atoms with Gasteiger partial charge in [0.15, 0.2) is 0 Å². The summed E-state index contributed by atoms with van der Waals surface area (Å²) in [6, 6.07) is 5.96. The van der Waals surface area contributed by atoms with Crippen molar-refractivity contribution < 1.29 is 10.2 Å². The van der Waals surface area contributed by atoms with Gasteiger partial charge >= 0.3 is 0 Å². The van der Waals surface area contributed by atoms with Crippen molar-refractivity contribution in [2.75, 3.05) is 61.4 Å². The van der Waals surface area contributed by atoms with Gasteiger partial charge in [0.25, 0.3) is 0 Å². The molecule has 2 fully saturated rings. The normalized spacial score (nSPS) is 31.2. The van der Waals surface area contributed by atoms with E-state index >= 15 is 0 Å². The van der Waals surface area contributed by atoms with Gasteiger partial charge < -0.3 is 24.9 Å². The molecule has 5 nitrogen and oxygen atoms in total. The summed E-state index contributed by atoms with van der Waals surface area (Å²) in [4.78, 5) is 6.79. The van der Waals surface area contributed by atoms with Crippen LogP contribution in [0.5, 0.6) is 5.75 Å². The van der Waals surface area contributed by atoms with Crippen molar-refractivity contribution in [3.05, 3.63) is 29.3 Å². The number of likely N-dealkylation sites (N-methyl/N-ethyl adjacent to an activating group) is 3. The summed E-state index contributed by atoms with van der Waals surface area (Å²) in [6.07, 6.45) is 6.78. The molecule has 0 heterocycles. The molecule has 0 aromatic heterocycles. The Morgan fingerprint density at radius 1 is 0.906 bits per heavy atom. The Hall–Kier alpha value is -1.14. The molecular formula is C27H47N3O2. The summed E-state index contributed by atoms with van der Waals surface area (Å²) >= 11 is 0. The first kappa shape index (κ1) is 25.5. The smallest absolute Gasteiger partial charge is 0.115 e. The monoisotopic (exact) mass is 445 g/mol. The lowest BCUT2D eigenvalue weighted by molar-refractivity contribution is -0.0226. The number of fused-ring (bicyclic) bond motifs is 5. The molecule has 1 aromatic carbocycles. The van der Waals surface area contributed by atoms with Crippen molar-refractivity contribution in [3.8, 4) is 5.75 Å². The highest BCUT2D eigenvalue weighted by molar-refractivity contribution is 5.40. The third kappa shape index (κ3) is 5.85. The lowest BCUT2D eigenvalue weighted by Gasteiger charge is -2.50. The van der Waals surface area contributed by atoms with Crippen LogP contribution in [0.25, 0.3) is 0 Å². The van der Waals surface area contributed by atoms with Gasteiger partial charge in [-0.3, -0.25) is 0 Å². The number of nitrogens with zero attached hydrogens (tertiary/aromatic N) is 3. The Morgan fingerprint density at radius 3 is 2.19 bits per heavy atom. The number of aliphatic hydroxyl groups excluding tert-OH is 1. The number of benzene rings is 1. The quantitative estimate of drug-likeness (QED) is 0.700. The molecule has 5 heteroatoms. The minimum absolute atomic E-state index is 0.0883. The van der Waals surface area contributed by atoms with Crippen LogP contribution in [0.2, 0.25) is 0 Å². The van der Waals surface area contributed by atoms with E-state index in [9.17, 15) is 10.2 Å². The highest BCUT2D eigenvalue weighted by Gasteiger charge is 2.54. The zero-order valence-electron chi connectivity index (χ0n) is 21.3. The van der Waals surface area contributed by atoms with Crippen LogP contribution in [0.15, 0.2) is 18.2 Å². The number of hydrogen-bond acceptors (Lipinski definition) is 5. The Kier molecular flexibility index (Phi) is 8.65. The van der Waals surface area contributed by atoms with Crippen LogP contribution in [-0.4, -0.2) is 92.4 Å². The van der Waals surface area contributed by atoms with E-state index in [4.69, 9.17) is 0 Å². The lowest BCUT2D eigenvalue weighted by atomic mass is 9.55. The third-order valence-corrected chi connectivity index (χ3v) is 8.52. The number of phenolic OH excluding ortho intramolecular Hbond substituents is 1. The second-order valence-electron chi connectivity index (χ2n) is 11.3. The van der Waals surface area contributed by atoms with Gasteiger partial charge in [0.05, 0.1) is 6.10 Å². The first-order valence-corrected chi connectivity index (χ1v) is 12.6. The highest BCUT2D eigenvalue weighted by Crippen LogP contribution is 2.60. The number of hydrogen-bond donors (Lipinski definition) is 2. The molecule has 32 heavy (non-hydrogen) atoms. The van der Waals surface area contributed by atoms with Crippen molar-refractivity contribution in [1.82, 2.24) is 14.7 Å². The molecule has 0 saturated heterocycles. The minimum Gasteiger partial charge on any atom is -0.508 e. The maximum absolute atomic E-state index is 10.4. The number of aromatic hydroxyl groups is 1. The van der Waals surface area contributed by atoms with E-state index < -0.39 is 0 Å². The van der Waals surface area contributed by atoms with Crippen LogP contribution in [-0.2, 0) is 6.42 Å². The predicted octanol–water partition coefficient (Wildman–Crippen LogP) is 3.65. The summed E-state index contributed by atoms with van der Waals surface area (Å²) in [6.45, 7) is 6.91. The number of phenols is 1. The molecule has 0 radical (unpaired) electrons. The molecule has 0 bridgehead atoms. The van der Waals surface area contributed by atoms with E-state index in [0.29, 0.717) is 17.6 Å². The summed E-state index contributed by atoms with van der Waals surface area (Å²) < 4.78 is 0. The van der Waals surface area contributed by atoms with Crippen LogP contribution >= 0.6 is 0 Å². The fourth-order valence-corrected chi connectivity index (χ4v) is 6.39. The molecule has 0 aliphatic heterocycles. The topological polar surface area (TPSA) is 50.2 Å². The first-order chi connectivity index (χ1) is 15.1. The largest absolute Gasteiger partial charge is 0.508 e. The zero-order valence-corrected chi connectivity index (χ0v) is 21.3. The van der Waals surface area contributed by atoms with Gasteiger partial charge in [0.1, 0.15) is 5.75 Å². The maximum Gasteiger partial charge on any atom is 0.115 e. The molecule has 2 N–H and O–H groups in total. The van der Waals surface area contributed by atoms with Gasteiger partial charge in [-0.2, -0.15) is 0 Å². The molecule has 1 aromatic rings. The van der Waals surface area contributed by atoms with Crippen LogP contribution in [0.4, 0.5) is 0 Å². The van der Waals surface area contributed by atoms with Gasteiger partial charge in [0, 0.05) is 26.2 Å². The molecule has 5 atom stereocenters. The third-order valence-electron chi connectivity index (χ3n) is 8.52. The van der Waals surface area contributed by atoms with E-state index in [-0.39, 0.29) is 11.5 Å². The predicted molar refractivity (Wildman–Crippen MR) is 133 cm³/mol. The molecule has 0 unspecified atom stereocenters. The Balaban J connectivity index is 0.000000210. The van der Waals surface area contributed by atoms with Crippen molar-refractivity contribution in [2.24, 2.45) is 17.3 Å². The van der Waals surface area contributed by atoms with Crippen molar-refractivity contribution in [3.63, 3.8) is 0 Å². The average Bonchev–Trinajstić information content (AvgIpc) is 3.05. The molecule has 0 spiro atoms. The van der Waals surface area contributed by atoms with Gasteiger partial charge in [-0.05, 0) is 120 Å². The van der Waals surface area contributed by atoms with E-state index in [0.717, 1.165) is 51.4 Å². The van der Waals surface area contributed by atoms with Gasteiger partial charge in [-0.25, -0.2) is 0 Å². The maximum atomic E-state index is 10.4. The Morgan fingerprint density at radius 2 is 1.56 bits per heavy atom. The number of rotatable bonds is 6. The lowest BCUT2D eigenvalue weighted by Crippen LogP contribution is -2.43. The molecule has 3 aliphatic carbocycles. The SMILES string of the molecule is CN(C)CCN(C)CCN(C)C.C[C@]12CC[C@@H]3c4ccc(O)cc4CC[C@H]3[C@@H]1CC[C@@H]2O. The molecule has 3 aliphatic rings. The number of aryl methyl sites for hydroxylation is 1. The van der Waals surface area contributed by atoms with Crippen LogP contribution < -0.4 is 0 Å². The summed E-state index contributed by atoms with van der Waals surface area (Å²) in [5.41, 5.74) is 2.99. The number of aliphatic hydroxyl groups is 1. The van der Waals surface area contributed by atoms with Gasteiger partial charge in [0.2, 0.25) is 0 Å². The van der Waals surface area contributed by atoms with E-state index in [1.54, 1.807) is 0 Å². The standard InChI is InChI=1S/C18H24O2.C9H23N3/c1-18-9-8-14-13-5-3-12(19)10-11(13)2-4-15(14)16(18)6-7-17(18)20;1-10(2)6-8-12(5)9-7-11(3)4/h3,5,10,14-17,19-20H,2,4,6-9H2,1H3;6-9H2,1-5H3/t14-,15-,16+,17+,18+;/m1./s1. The van der Waals surface area contributed by atoms with Gasteiger partial charge in [-0.15, -0.1) is 0 Å². The van der Waals surface area contributed by atoms with E-state index in [1.807, 2.05) is 12.1 Å². The van der Waals surface area contributed by atoms with Crippen molar-refractivity contribution in [2.45, 2.75) is 57.5 Å².